The van der Waals surface area contributed by atoms with Crippen LogP contribution >= 0.6 is 0 Å². The molecule has 0 unspecified atom stereocenters. The second-order valence-electron chi connectivity index (χ2n) is 6.95. The van der Waals surface area contributed by atoms with Crippen LogP contribution in [0, 0.1) is 13.8 Å². The molecule has 0 amide bonds. The third kappa shape index (κ3) is 4.76. The molecule has 0 saturated carbocycles. The molecule has 0 aliphatic heterocycles. The molecule has 0 spiro atoms. The number of hydrogen-bond acceptors (Lipinski definition) is 6. The van der Waals surface area contributed by atoms with Crippen molar-refractivity contribution in [3.63, 3.8) is 0 Å². The van der Waals surface area contributed by atoms with Crippen molar-refractivity contribution in [2.45, 2.75) is 40.2 Å². The van der Waals surface area contributed by atoms with Gasteiger partial charge in [-0.2, -0.15) is 4.98 Å². The Labute approximate surface area is 164 Å². The van der Waals surface area contributed by atoms with Crippen LogP contribution in [-0.2, 0) is 16.1 Å². The Morgan fingerprint density at radius 2 is 1.89 bits per heavy atom. The van der Waals surface area contributed by atoms with E-state index >= 15 is 0 Å². The second kappa shape index (κ2) is 8.69. The summed E-state index contributed by atoms with van der Waals surface area (Å²) in [6.07, 6.45) is 0. The van der Waals surface area contributed by atoms with E-state index in [1.807, 2.05) is 56.3 Å². The van der Waals surface area contributed by atoms with Gasteiger partial charge in [0.15, 0.2) is 13.2 Å². The summed E-state index contributed by atoms with van der Waals surface area (Å²) < 4.78 is 15.8. The van der Waals surface area contributed by atoms with Gasteiger partial charge in [0, 0.05) is 5.56 Å². The molecule has 1 heterocycles. The van der Waals surface area contributed by atoms with E-state index in [4.69, 9.17) is 14.0 Å². The number of nitrogens with zero attached hydrogens (tertiary/aromatic N) is 2. The van der Waals surface area contributed by atoms with Crippen molar-refractivity contribution in [2.75, 3.05) is 6.61 Å². The molecule has 3 aromatic rings. The van der Waals surface area contributed by atoms with Crippen LogP contribution in [0.4, 0.5) is 0 Å². The molecule has 0 N–H and O–H groups in total. The second-order valence-corrected chi connectivity index (χ2v) is 6.95. The van der Waals surface area contributed by atoms with E-state index in [-0.39, 0.29) is 19.1 Å². The zero-order chi connectivity index (χ0) is 20.1. The first-order valence-corrected chi connectivity index (χ1v) is 9.21. The van der Waals surface area contributed by atoms with Gasteiger partial charge in [0.25, 0.3) is 5.89 Å². The Bertz CT molecular complexity index is 963. The van der Waals surface area contributed by atoms with Gasteiger partial charge in [0.1, 0.15) is 5.75 Å². The highest BCUT2D eigenvalue weighted by molar-refractivity contribution is 5.71. The largest absolute Gasteiger partial charge is 0.482 e. The van der Waals surface area contributed by atoms with Crippen molar-refractivity contribution < 1.29 is 18.8 Å². The minimum absolute atomic E-state index is 0.0909. The van der Waals surface area contributed by atoms with Crippen molar-refractivity contribution in [1.29, 1.82) is 0 Å². The number of hydrogen-bond donors (Lipinski definition) is 0. The van der Waals surface area contributed by atoms with Crippen LogP contribution in [-0.4, -0.2) is 22.7 Å². The fourth-order valence-electron chi connectivity index (χ4n) is 2.96. The van der Waals surface area contributed by atoms with Gasteiger partial charge in [-0.25, -0.2) is 4.79 Å². The minimum atomic E-state index is -0.499. The summed E-state index contributed by atoms with van der Waals surface area (Å²) in [6.45, 7) is 8.01. The van der Waals surface area contributed by atoms with Crippen LogP contribution in [0.1, 0.15) is 42.3 Å². The molecule has 0 bridgehead atoms. The molecule has 6 heteroatoms. The highest BCUT2D eigenvalue weighted by Gasteiger charge is 2.13. The molecule has 146 valence electrons. The molecular formula is C22H24N2O4. The number of rotatable bonds is 7. The first-order chi connectivity index (χ1) is 13.4. The standard InChI is InChI=1S/C22H24N2O4/c1-14(2)18-10-9-17(11-16(18)4)26-13-21(25)27-12-20-23-22(24-28-20)19-8-6-5-7-15(19)3/h5-11,14H,12-13H2,1-4H3. The fourth-order valence-corrected chi connectivity index (χ4v) is 2.96. The maximum absolute atomic E-state index is 11.9. The van der Waals surface area contributed by atoms with Gasteiger partial charge in [-0.15, -0.1) is 0 Å². The van der Waals surface area contributed by atoms with Crippen molar-refractivity contribution in [3.8, 4) is 17.1 Å². The van der Waals surface area contributed by atoms with E-state index in [0.29, 0.717) is 17.5 Å². The summed E-state index contributed by atoms with van der Waals surface area (Å²) in [5, 5.41) is 3.94. The number of ether oxygens (including phenoxy) is 2. The molecule has 3 rings (SSSR count). The molecule has 0 atom stereocenters. The van der Waals surface area contributed by atoms with E-state index in [1.165, 1.54) is 5.56 Å². The monoisotopic (exact) mass is 380 g/mol. The van der Waals surface area contributed by atoms with Crippen LogP contribution in [0.2, 0.25) is 0 Å². The Hall–Kier alpha value is -3.15. The quantitative estimate of drug-likeness (QED) is 0.558. The Morgan fingerprint density at radius 3 is 2.61 bits per heavy atom. The smallest absolute Gasteiger partial charge is 0.344 e. The molecule has 0 aliphatic carbocycles. The predicted octanol–water partition coefficient (Wildman–Crippen LogP) is 4.60. The predicted molar refractivity (Wildman–Crippen MR) is 105 cm³/mol. The van der Waals surface area contributed by atoms with Crippen molar-refractivity contribution in [2.24, 2.45) is 0 Å². The van der Waals surface area contributed by atoms with E-state index in [9.17, 15) is 4.79 Å². The van der Waals surface area contributed by atoms with Gasteiger partial charge < -0.3 is 14.0 Å². The number of esters is 1. The van der Waals surface area contributed by atoms with E-state index < -0.39 is 5.97 Å². The van der Waals surface area contributed by atoms with Crippen LogP contribution in [0.5, 0.6) is 5.75 Å². The minimum Gasteiger partial charge on any atom is -0.482 e. The summed E-state index contributed by atoms with van der Waals surface area (Å²) in [6, 6.07) is 13.5. The highest BCUT2D eigenvalue weighted by Crippen LogP contribution is 2.23. The molecule has 0 radical (unpaired) electrons. The van der Waals surface area contributed by atoms with Gasteiger partial charge >= 0.3 is 5.97 Å². The normalized spacial score (nSPS) is 10.9. The lowest BCUT2D eigenvalue weighted by Gasteiger charge is -2.12. The Morgan fingerprint density at radius 1 is 1.11 bits per heavy atom. The molecule has 2 aromatic carbocycles. The fraction of sp³-hybridized carbons (Fsp3) is 0.318. The summed E-state index contributed by atoms with van der Waals surface area (Å²) in [5.74, 6) is 1.29. The number of aryl methyl sites for hydroxylation is 2. The summed E-state index contributed by atoms with van der Waals surface area (Å²) in [5.41, 5.74) is 4.32. The third-order valence-electron chi connectivity index (χ3n) is 4.43. The first-order valence-electron chi connectivity index (χ1n) is 9.21. The molecular weight excluding hydrogens is 356 g/mol. The van der Waals surface area contributed by atoms with Gasteiger partial charge in [0.2, 0.25) is 5.82 Å². The van der Waals surface area contributed by atoms with Gasteiger partial charge in [-0.1, -0.05) is 49.3 Å². The van der Waals surface area contributed by atoms with Crippen LogP contribution in [0.15, 0.2) is 47.0 Å². The zero-order valence-electron chi connectivity index (χ0n) is 16.6. The van der Waals surface area contributed by atoms with Crippen molar-refractivity contribution >= 4 is 5.97 Å². The topological polar surface area (TPSA) is 74.5 Å². The average Bonchev–Trinajstić information content (AvgIpc) is 3.13. The van der Waals surface area contributed by atoms with E-state index in [1.54, 1.807) is 0 Å². The van der Waals surface area contributed by atoms with Crippen LogP contribution in [0.3, 0.4) is 0 Å². The van der Waals surface area contributed by atoms with Gasteiger partial charge in [-0.05, 0) is 48.6 Å². The van der Waals surface area contributed by atoms with Crippen molar-refractivity contribution in [3.05, 3.63) is 65.0 Å². The molecule has 1 aromatic heterocycles. The van der Waals surface area contributed by atoms with E-state index in [0.717, 1.165) is 16.7 Å². The lowest BCUT2D eigenvalue weighted by molar-refractivity contribution is -0.148. The molecule has 0 saturated heterocycles. The number of aromatic nitrogens is 2. The highest BCUT2D eigenvalue weighted by atomic mass is 16.6. The molecule has 0 aliphatic rings. The lowest BCUT2D eigenvalue weighted by Crippen LogP contribution is -2.15. The van der Waals surface area contributed by atoms with Crippen molar-refractivity contribution in [1.82, 2.24) is 10.1 Å². The molecule has 0 fully saturated rings. The first kappa shape index (κ1) is 19.6. The van der Waals surface area contributed by atoms with E-state index in [2.05, 4.69) is 24.0 Å². The number of carbonyl (C=O) groups excluding carboxylic acids is 1. The average molecular weight is 380 g/mol. The summed E-state index contributed by atoms with van der Waals surface area (Å²) >= 11 is 0. The number of carbonyl (C=O) groups is 1. The number of benzene rings is 2. The zero-order valence-corrected chi connectivity index (χ0v) is 16.6. The summed E-state index contributed by atoms with van der Waals surface area (Å²) in [4.78, 5) is 16.2. The summed E-state index contributed by atoms with van der Waals surface area (Å²) in [7, 11) is 0. The molecule has 6 nitrogen and oxygen atoms in total. The van der Waals surface area contributed by atoms with Gasteiger partial charge in [0.05, 0.1) is 0 Å². The third-order valence-corrected chi connectivity index (χ3v) is 4.43. The Balaban J connectivity index is 1.51. The Kier molecular flexibility index (Phi) is 6.09. The maximum atomic E-state index is 11.9. The molecule has 28 heavy (non-hydrogen) atoms. The van der Waals surface area contributed by atoms with Gasteiger partial charge in [-0.3, -0.25) is 0 Å². The lowest BCUT2D eigenvalue weighted by atomic mass is 9.98. The maximum Gasteiger partial charge on any atom is 0.344 e. The SMILES string of the molecule is Cc1ccccc1-c1noc(COC(=O)COc2ccc(C(C)C)c(C)c2)n1. The van der Waals surface area contributed by atoms with Crippen LogP contribution < -0.4 is 4.74 Å². The van der Waals surface area contributed by atoms with Crippen LogP contribution in [0.25, 0.3) is 11.4 Å².